The Kier molecular flexibility index (Phi) is 4.55. The number of allylic oxidation sites excluding steroid dienone is 3. The van der Waals surface area contributed by atoms with Crippen molar-refractivity contribution in [3.63, 3.8) is 0 Å². The van der Waals surface area contributed by atoms with E-state index in [1.165, 1.54) is 17.3 Å². The fourth-order valence-electron chi connectivity index (χ4n) is 2.42. The maximum Gasteiger partial charge on any atom is 0.242 e. The van der Waals surface area contributed by atoms with E-state index in [0.29, 0.717) is 25.8 Å². The van der Waals surface area contributed by atoms with Crippen molar-refractivity contribution in [2.45, 2.75) is 32.6 Å². The van der Waals surface area contributed by atoms with E-state index in [1.54, 1.807) is 12.2 Å². The van der Waals surface area contributed by atoms with E-state index in [9.17, 15) is 18.0 Å². The second-order valence-electron chi connectivity index (χ2n) is 5.21. The number of sulfonamides is 1. The first-order chi connectivity index (χ1) is 9.41. The molecule has 1 atom stereocenters. The summed E-state index contributed by atoms with van der Waals surface area (Å²) in [5.74, 6) is -0.0681. The Balaban J connectivity index is 2.13. The fraction of sp³-hybridized carbons (Fsp3) is 0.571. The molecule has 2 aliphatic rings. The van der Waals surface area contributed by atoms with E-state index in [1.807, 2.05) is 0 Å². The first kappa shape index (κ1) is 15.1. The SMILES string of the molecule is CC(=O)C1C=CC(S(=O)(=O)N2CCCC(=O)CC2)=CC1. The van der Waals surface area contributed by atoms with Crippen LogP contribution in [0.1, 0.15) is 32.6 Å². The molecule has 0 aromatic heterocycles. The first-order valence-electron chi connectivity index (χ1n) is 6.82. The molecule has 0 aromatic rings. The van der Waals surface area contributed by atoms with Crippen LogP contribution >= 0.6 is 0 Å². The van der Waals surface area contributed by atoms with Crippen LogP contribution in [0.3, 0.4) is 0 Å². The third-order valence-corrected chi connectivity index (χ3v) is 5.67. The van der Waals surface area contributed by atoms with Crippen LogP contribution < -0.4 is 0 Å². The Morgan fingerprint density at radius 2 is 2.05 bits per heavy atom. The molecule has 0 saturated carbocycles. The largest absolute Gasteiger partial charge is 0.300 e. The van der Waals surface area contributed by atoms with E-state index in [0.717, 1.165) is 0 Å². The molecular formula is C14H19NO4S. The van der Waals surface area contributed by atoms with Crippen molar-refractivity contribution in [1.82, 2.24) is 4.31 Å². The number of nitrogens with zero attached hydrogens (tertiary/aromatic N) is 1. The van der Waals surface area contributed by atoms with Crippen LogP contribution in [-0.2, 0) is 19.6 Å². The number of ketones is 2. The van der Waals surface area contributed by atoms with Crippen molar-refractivity contribution in [3.05, 3.63) is 23.1 Å². The molecule has 0 bridgehead atoms. The summed E-state index contributed by atoms with van der Waals surface area (Å²) >= 11 is 0. The first-order valence-corrected chi connectivity index (χ1v) is 8.26. The molecule has 1 aliphatic heterocycles. The lowest BCUT2D eigenvalue weighted by molar-refractivity contribution is -0.119. The van der Waals surface area contributed by atoms with Crippen LogP contribution in [0, 0.1) is 5.92 Å². The standard InChI is InChI=1S/C14H19NO4S/c1-11(16)12-4-6-14(7-5-12)20(18,19)15-9-2-3-13(17)8-10-15/h4,6-7,12H,2-3,5,8-10H2,1H3. The predicted molar refractivity (Wildman–Crippen MR) is 75.4 cm³/mol. The number of carbonyl (C=O) groups is 2. The van der Waals surface area contributed by atoms with E-state index < -0.39 is 10.0 Å². The highest BCUT2D eigenvalue weighted by Crippen LogP contribution is 2.24. The highest BCUT2D eigenvalue weighted by molar-refractivity contribution is 7.93. The van der Waals surface area contributed by atoms with Crippen LogP contribution in [0.5, 0.6) is 0 Å². The molecular weight excluding hydrogens is 278 g/mol. The van der Waals surface area contributed by atoms with Gasteiger partial charge in [-0.05, 0) is 25.8 Å². The van der Waals surface area contributed by atoms with Crippen LogP contribution in [-0.4, -0.2) is 37.4 Å². The summed E-state index contributed by atoms with van der Waals surface area (Å²) < 4.78 is 26.4. The molecule has 5 nitrogen and oxygen atoms in total. The average Bonchev–Trinajstić information content (AvgIpc) is 2.64. The molecule has 1 fully saturated rings. The molecule has 0 amide bonds. The Labute approximate surface area is 119 Å². The Bertz CT molecular complexity index is 574. The molecule has 0 N–H and O–H groups in total. The van der Waals surface area contributed by atoms with E-state index in [2.05, 4.69) is 0 Å². The summed E-state index contributed by atoms with van der Waals surface area (Å²) in [5, 5.41) is 0. The van der Waals surface area contributed by atoms with Gasteiger partial charge < -0.3 is 0 Å². The topological polar surface area (TPSA) is 71.5 Å². The van der Waals surface area contributed by atoms with Crippen LogP contribution in [0.4, 0.5) is 0 Å². The lowest BCUT2D eigenvalue weighted by Gasteiger charge is -2.22. The van der Waals surface area contributed by atoms with Crippen molar-refractivity contribution in [3.8, 4) is 0 Å². The Morgan fingerprint density at radius 1 is 1.30 bits per heavy atom. The van der Waals surface area contributed by atoms with E-state index in [4.69, 9.17) is 0 Å². The maximum absolute atomic E-state index is 12.5. The summed E-state index contributed by atoms with van der Waals surface area (Å²) in [6.45, 7) is 2.14. The van der Waals surface area contributed by atoms with Crippen molar-refractivity contribution in [1.29, 1.82) is 0 Å². The molecule has 1 unspecified atom stereocenters. The zero-order valence-corrected chi connectivity index (χ0v) is 12.4. The molecule has 20 heavy (non-hydrogen) atoms. The van der Waals surface area contributed by atoms with Crippen molar-refractivity contribution >= 4 is 21.6 Å². The lowest BCUT2D eigenvalue weighted by Crippen LogP contribution is -2.33. The zero-order valence-electron chi connectivity index (χ0n) is 11.5. The highest BCUT2D eigenvalue weighted by Gasteiger charge is 2.29. The smallest absolute Gasteiger partial charge is 0.242 e. The van der Waals surface area contributed by atoms with Gasteiger partial charge in [0.15, 0.2) is 0 Å². The summed E-state index contributed by atoms with van der Waals surface area (Å²) in [7, 11) is -3.54. The summed E-state index contributed by atoms with van der Waals surface area (Å²) in [6.07, 6.45) is 6.50. The summed E-state index contributed by atoms with van der Waals surface area (Å²) in [5.41, 5.74) is 0. The second kappa shape index (κ2) is 6.01. The van der Waals surface area contributed by atoms with Gasteiger partial charge >= 0.3 is 0 Å². The summed E-state index contributed by atoms with van der Waals surface area (Å²) in [6, 6.07) is 0. The van der Waals surface area contributed by atoms with Gasteiger partial charge in [0.25, 0.3) is 0 Å². The predicted octanol–water partition coefficient (Wildman–Crippen LogP) is 1.42. The summed E-state index contributed by atoms with van der Waals surface area (Å²) in [4.78, 5) is 22.9. The van der Waals surface area contributed by atoms with Gasteiger partial charge in [0, 0.05) is 31.8 Å². The fourth-order valence-corrected chi connectivity index (χ4v) is 3.98. The van der Waals surface area contributed by atoms with Crippen LogP contribution in [0.15, 0.2) is 23.1 Å². The van der Waals surface area contributed by atoms with Gasteiger partial charge in [0.2, 0.25) is 10.0 Å². The molecule has 0 spiro atoms. The van der Waals surface area contributed by atoms with Gasteiger partial charge in [-0.25, -0.2) is 8.42 Å². The van der Waals surface area contributed by atoms with Gasteiger partial charge in [0.05, 0.1) is 4.91 Å². The number of hydrogen-bond acceptors (Lipinski definition) is 4. The lowest BCUT2D eigenvalue weighted by atomic mass is 9.97. The molecule has 1 heterocycles. The van der Waals surface area contributed by atoms with E-state index in [-0.39, 0.29) is 35.4 Å². The molecule has 1 aliphatic carbocycles. The highest BCUT2D eigenvalue weighted by atomic mass is 32.2. The minimum absolute atomic E-state index is 0.0364. The molecule has 0 radical (unpaired) electrons. The molecule has 110 valence electrons. The number of rotatable bonds is 3. The quantitative estimate of drug-likeness (QED) is 0.790. The number of carbonyl (C=O) groups excluding carboxylic acids is 2. The molecule has 0 aromatic carbocycles. The molecule has 6 heteroatoms. The van der Waals surface area contributed by atoms with E-state index >= 15 is 0 Å². The van der Waals surface area contributed by atoms with Crippen molar-refractivity contribution in [2.75, 3.05) is 13.1 Å². The van der Waals surface area contributed by atoms with Gasteiger partial charge in [-0.1, -0.05) is 12.2 Å². The normalized spacial score (nSPS) is 25.1. The second-order valence-corrected chi connectivity index (χ2v) is 7.15. The third kappa shape index (κ3) is 3.24. The van der Waals surface area contributed by atoms with Crippen molar-refractivity contribution in [2.24, 2.45) is 5.92 Å². The Morgan fingerprint density at radius 3 is 2.65 bits per heavy atom. The van der Waals surface area contributed by atoms with Gasteiger partial charge in [-0.2, -0.15) is 4.31 Å². The zero-order chi connectivity index (χ0) is 14.8. The third-order valence-electron chi connectivity index (χ3n) is 3.73. The number of Topliss-reactive ketones (excluding diaryl/α,β-unsaturated/α-hetero) is 2. The molecule has 2 rings (SSSR count). The Hall–Kier alpha value is -1.27. The maximum atomic E-state index is 12.5. The van der Waals surface area contributed by atoms with Gasteiger partial charge in [-0.15, -0.1) is 0 Å². The average molecular weight is 297 g/mol. The minimum atomic E-state index is -3.54. The van der Waals surface area contributed by atoms with Gasteiger partial charge in [-0.3, -0.25) is 9.59 Å². The van der Waals surface area contributed by atoms with Crippen LogP contribution in [0.2, 0.25) is 0 Å². The van der Waals surface area contributed by atoms with Gasteiger partial charge in [0.1, 0.15) is 11.6 Å². The minimum Gasteiger partial charge on any atom is -0.300 e. The van der Waals surface area contributed by atoms with Crippen LogP contribution in [0.25, 0.3) is 0 Å². The molecule has 1 saturated heterocycles. The van der Waals surface area contributed by atoms with Crippen molar-refractivity contribution < 1.29 is 18.0 Å². The number of hydrogen-bond donors (Lipinski definition) is 0. The monoisotopic (exact) mass is 297 g/mol.